The smallest absolute Gasteiger partial charge is 0.319 e. The van der Waals surface area contributed by atoms with Gasteiger partial charge in [0.15, 0.2) is 0 Å². The molecule has 0 spiro atoms. The van der Waals surface area contributed by atoms with Crippen molar-refractivity contribution in [2.24, 2.45) is 0 Å². The highest BCUT2D eigenvalue weighted by atomic mass is 16.5. The molecule has 24 heavy (non-hydrogen) atoms. The number of nitrogens with zero attached hydrogens (tertiary/aromatic N) is 1. The van der Waals surface area contributed by atoms with E-state index in [0.717, 1.165) is 17.7 Å². The van der Waals surface area contributed by atoms with Crippen molar-refractivity contribution in [3.63, 3.8) is 0 Å². The molecule has 1 heterocycles. The lowest BCUT2D eigenvalue weighted by atomic mass is 10.1. The fourth-order valence-corrected chi connectivity index (χ4v) is 2.01. The minimum absolute atomic E-state index is 0.268. The molecule has 0 radical (unpaired) electrons. The second-order valence-electron chi connectivity index (χ2n) is 5.46. The first kappa shape index (κ1) is 17.7. The molecule has 2 N–H and O–H groups in total. The number of carbonyl (C=O) groups is 1. The average Bonchev–Trinajstić information content (AvgIpc) is 2.57. The molecule has 1 aromatic heterocycles. The molecule has 6 heteroatoms. The van der Waals surface area contributed by atoms with Crippen LogP contribution in [0, 0.1) is 13.8 Å². The molecular formula is C18H23N3O3. The van der Waals surface area contributed by atoms with E-state index in [2.05, 4.69) is 22.5 Å². The van der Waals surface area contributed by atoms with Crippen molar-refractivity contribution in [1.82, 2.24) is 10.3 Å². The third kappa shape index (κ3) is 5.55. The van der Waals surface area contributed by atoms with Gasteiger partial charge in [0.1, 0.15) is 5.75 Å². The molecule has 2 amide bonds. The zero-order valence-corrected chi connectivity index (χ0v) is 14.3. The molecule has 0 aliphatic rings. The molecule has 0 saturated heterocycles. The van der Waals surface area contributed by atoms with Crippen molar-refractivity contribution in [2.45, 2.75) is 20.3 Å². The van der Waals surface area contributed by atoms with Gasteiger partial charge in [-0.2, -0.15) is 0 Å². The second-order valence-corrected chi connectivity index (χ2v) is 5.46. The van der Waals surface area contributed by atoms with Gasteiger partial charge in [0.25, 0.3) is 0 Å². The summed E-state index contributed by atoms with van der Waals surface area (Å²) in [5.74, 6) is 1.21. The lowest BCUT2D eigenvalue weighted by Gasteiger charge is -2.09. The summed E-state index contributed by atoms with van der Waals surface area (Å²) in [6.07, 6.45) is 2.33. The van der Waals surface area contributed by atoms with Gasteiger partial charge in [-0.25, -0.2) is 9.78 Å². The van der Waals surface area contributed by atoms with Crippen LogP contribution in [0.2, 0.25) is 0 Å². The first-order chi connectivity index (χ1) is 11.6. The van der Waals surface area contributed by atoms with Crippen LogP contribution in [0.4, 0.5) is 10.5 Å². The normalized spacial score (nSPS) is 10.3. The Morgan fingerprint density at radius 3 is 2.67 bits per heavy atom. The molecule has 0 bridgehead atoms. The quantitative estimate of drug-likeness (QED) is 0.761. The number of hydrogen-bond donors (Lipinski definition) is 2. The summed E-state index contributed by atoms with van der Waals surface area (Å²) in [4.78, 5) is 15.9. The monoisotopic (exact) mass is 329 g/mol. The minimum atomic E-state index is -0.268. The summed E-state index contributed by atoms with van der Waals surface area (Å²) in [6.45, 7) is 5.26. The van der Waals surface area contributed by atoms with Crippen molar-refractivity contribution in [2.75, 3.05) is 25.6 Å². The van der Waals surface area contributed by atoms with E-state index in [9.17, 15) is 4.79 Å². The Hall–Kier alpha value is -2.60. The van der Waals surface area contributed by atoms with Crippen molar-refractivity contribution >= 4 is 11.7 Å². The number of aryl methyl sites for hydroxylation is 2. The Kier molecular flexibility index (Phi) is 6.57. The van der Waals surface area contributed by atoms with Crippen molar-refractivity contribution in [3.8, 4) is 11.6 Å². The number of methoxy groups -OCH3 is 1. The summed E-state index contributed by atoms with van der Waals surface area (Å²) in [5, 5.41) is 5.46. The zero-order valence-electron chi connectivity index (χ0n) is 14.3. The molecule has 0 saturated carbocycles. The van der Waals surface area contributed by atoms with E-state index < -0.39 is 0 Å². The van der Waals surface area contributed by atoms with Crippen LogP contribution in [0.3, 0.4) is 0 Å². The topological polar surface area (TPSA) is 72.5 Å². The van der Waals surface area contributed by atoms with E-state index in [1.807, 2.05) is 25.1 Å². The number of aromatic nitrogens is 1. The van der Waals surface area contributed by atoms with E-state index in [4.69, 9.17) is 9.47 Å². The molecule has 128 valence electrons. The van der Waals surface area contributed by atoms with E-state index in [1.54, 1.807) is 25.4 Å². The van der Waals surface area contributed by atoms with Crippen LogP contribution in [0.25, 0.3) is 0 Å². The summed E-state index contributed by atoms with van der Waals surface area (Å²) in [7, 11) is 1.63. The Balaban J connectivity index is 1.86. The fourth-order valence-electron chi connectivity index (χ4n) is 2.01. The zero-order chi connectivity index (χ0) is 17.4. The first-order valence-corrected chi connectivity index (χ1v) is 7.83. The standard InChI is InChI=1S/C18H23N3O3/c1-13-5-7-16(11-14(13)2)24-17-8-6-15(12-20-17)21-18(22)19-9-4-10-23-3/h5-8,11-12H,4,9-10H2,1-3H3,(H2,19,21,22). The van der Waals surface area contributed by atoms with Gasteiger partial charge < -0.3 is 20.1 Å². The number of anilines is 1. The van der Waals surface area contributed by atoms with Crippen LogP contribution in [-0.2, 0) is 4.74 Å². The summed E-state index contributed by atoms with van der Waals surface area (Å²) < 4.78 is 10.6. The number of urea groups is 1. The lowest BCUT2D eigenvalue weighted by Crippen LogP contribution is -2.30. The molecule has 2 aromatic rings. The maximum atomic E-state index is 11.7. The summed E-state index contributed by atoms with van der Waals surface area (Å²) in [6, 6.07) is 9.08. The van der Waals surface area contributed by atoms with Crippen LogP contribution in [0.1, 0.15) is 17.5 Å². The third-order valence-corrected chi connectivity index (χ3v) is 3.51. The van der Waals surface area contributed by atoms with Gasteiger partial charge in [-0.05, 0) is 49.6 Å². The SMILES string of the molecule is COCCCNC(=O)Nc1ccc(Oc2ccc(C)c(C)c2)nc1. The summed E-state index contributed by atoms with van der Waals surface area (Å²) >= 11 is 0. The number of ether oxygens (including phenoxy) is 2. The van der Waals surface area contributed by atoms with Gasteiger partial charge in [0.05, 0.1) is 11.9 Å². The molecule has 0 fully saturated rings. The molecule has 0 aliphatic carbocycles. The van der Waals surface area contributed by atoms with Crippen molar-refractivity contribution in [1.29, 1.82) is 0 Å². The Morgan fingerprint density at radius 1 is 1.17 bits per heavy atom. The lowest BCUT2D eigenvalue weighted by molar-refractivity contribution is 0.194. The van der Waals surface area contributed by atoms with Crippen LogP contribution in [0.15, 0.2) is 36.5 Å². The predicted molar refractivity (Wildman–Crippen MR) is 93.7 cm³/mol. The Bertz CT molecular complexity index is 672. The highest BCUT2D eigenvalue weighted by molar-refractivity contribution is 5.88. The number of pyridine rings is 1. The maximum absolute atomic E-state index is 11.7. The summed E-state index contributed by atoms with van der Waals surface area (Å²) in [5.41, 5.74) is 2.98. The highest BCUT2D eigenvalue weighted by Gasteiger charge is 2.04. The number of hydrogen-bond acceptors (Lipinski definition) is 4. The number of rotatable bonds is 7. The fraction of sp³-hybridized carbons (Fsp3) is 0.333. The second kappa shape index (κ2) is 8.88. The molecular weight excluding hydrogens is 306 g/mol. The highest BCUT2D eigenvalue weighted by Crippen LogP contribution is 2.22. The van der Waals surface area contributed by atoms with E-state index in [1.165, 1.54) is 5.56 Å². The van der Waals surface area contributed by atoms with E-state index >= 15 is 0 Å². The number of nitrogens with one attached hydrogen (secondary N) is 2. The molecule has 0 unspecified atom stereocenters. The van der Waals surface area contributed by atoms with Gasteiger partial charge in [0, 0.05) is 26.3 Å². The van der Waals surface area contributed by atoms with E-state index in [0.29, 0.717) is 24.7 Å². The molecule has 0 aliphatic heterocycles. The van der Waals surface area contributed by atoms with Gasteiger partial charge in [-0.15, -0.1) is 0 Å². The van der Waals surface area contributed by atoms with Crippen LogP contribution in [0.5, 0.6) is 11.6 Å². The molecule has 1 aromatic carbocycles. The van der Waals surface area contributed by atoms with Crippen molar-refractivity contribution < 1.29 is 14.3 Å². The Labute approximate surface area is 142 Å². The van der Waals surface area contributed by atoms with E-state index in [-0.39, 0.29) is 6.03 Å². The average molecular weight is 329 g/mol. The number of benzene rings is 1. The molecule has 0 atom stereocenters. The minimum Gasteiger partial charge on any atom is -0.439 e. The number of amides is 2. The van der Waals surface area contributed by atoms with Crippen molar-refractivity contribution in [3.05, 3.63) is 47.7 Å². The molecule has 6 nitrogen and oxygen atoms in total. The van der Waals surface area contributed by atoms with Crippen LogP contribution < -0.4 is 15.4 Å². The molecule has 2 rings (SSSR count). The maximum Gasteiger partial charge on any atom is 0.319 e. The van der Waals surface area contributed by atoms with Crippen LogP contribution in [-0.4, -0.2) is 31.3 Å². The predicted octanol–water partition coefficient (Wildman–Crippen LogP) is 3.65. The first-order valence-electron chi connectivity index (χ1n) is 7.83. The third-order valence-electron chi connectivity index (χ3n) is 3.51. The Morgan fingerprint density at radius 2 is 2.00 bits per heavy atom. The van der Waals surface area contributed by atoms with Crippen LogP contribution >= 0.6 is 0 Å². The van der Waals surface area contributed by atoms with Gasteiger partial charge in [-0.3, -0.25) is 0 Å². The van der Waals surface area contributed by atoms with Gasteiger partial charge in [0.2, 0.25) is 5.88 Å². The largest absolute Gasteiger partial charge is 0.439 e. The number of carbonyl (C=O) groups excluding carboxylic acids is 1. The van der Waals surface area contributed by atoms with Gasteiger partial charge >= 0.3 is 6.03 Å². The van der Waals surface area contributed by atoms with Gasteiger partial charge in [-0.1, -0.05) is 6.07 Å².